The van der Waals surface area contributed by atoms with E-state index in [0.717, 1.165) is 23.5 Å². The first kappa shape index (κ1) is 23.4. The van der Waals surface area contributed by atoms with E-state index in [0.29, 0.717) is 27.3 Å². The fraction of sp³-hybridized carbons (Fsp3) is 0.160. The van der Waals surface area contributed by atoms with E-state index in [-0.39, 0.29) is 11.7 Å². The number of anilines is 1. The van der Waals surface area contributed by atoms with Gasteiger partial charge < -0.3 is 5.32 Å². The van der Waals surface area contributed by atoms with E-state index in [1.165, 1.54) is 17.3 Å². The second kappa shape index (κ2) is 10.9. The molecule has 0 saturated carbocycles. The molecule has 3 aromatic carbocycles. The molecule has 0 fully saturated rings. The van der Waals surface area contributed by atoms with Gasteiger partial charge in [0.25, 0.3) is 0 Å². The molecule has 1 N–H and O–H groups in total. The van der Waals surface area contributed by atoms with Gasteiger partial charge >= 0.3 is 0 Å². The topological polar surface area (TPSA) is 59.8 Å². The van der Waals surface area contributed by atoms with E-state index in [9.17, 15) is 4.79 Å². The summed E-state index contributed by atoms with van der Waals surface area (Å²) in [4.78, 5) is 12.5. The van der Waals surface area contributed by atoms with Crippen LogP contribution in [0.1, 0.15) is 23.9 Å². The maximum Gasteiger partial charge on any atom is 0.234 e. The molecule has 1 amide bonds. The van der Waals surface area contributed by atoms with E-state index in [4.69, 9.17) is 23.2 Å². The van der Waals surface area contributed by atoms with Crippen LogP contribution in [0.4, 0.5) is 5.69 Å². The quantitative estimate of drug-likeness (QED) is 0.284. The van der Waals surface area contributed by atoms with Crippen molar-refractivity contribution in [3.05, 3.63) is 99.8 Å². The first-order valence-corrected chi connectivity index (χ1v) is 12.2. The molecule has 0 unspecified atom stereocenters. The van der Waals surface area contributed by atoms with E-state index in [2.05, 4.69) is 58.8 Å². The minimum Gasteiger partial charge on any atom is -0.325 e. The molecule has 168 valence electrons. The number of benzene rings is 3. The predicted octanol–water partition coefficient (Wildman–Crippen LogP) is 6.46. The number of rotatable bonds is 8. The van der Waals surface area contributed by atoms with Gasteiger partial charge in [-0.3, -0.25) is 9.36 Å². The number of thioether (sulfide) groups is 1. The van der Waals surface area contributed by atoms with Crippen LogP contribution in [0, 0.1) is 0 Å². The minimum absolute atomic E-state index is 0.168. The molecule has 8 heteroatoms. The molecule has 33 heavy (non-hydrogen) atoms. The molecular weight excluding hydrogens is 475 g/mol. The van der Waals surface area contributed by atoms with Crippen molar-refractivity contribution in [2.24, 2.45) is 0 Å². The van der Waals surface area contributed by atoms with Gasteiger partial charge in [0.2, 0.25) is 5.91 Å². The molecular formula is C25H22Cl2N4OS. The number of hydrogen-bond acceptors (Lipinski definition) is 4. The number of nitrogens with one attached hydrogen (secondary N) is 1. The summed E-state index contributed by atoms with van der Waals surface area (Å²) in [5.74, 6) is 0.827. The fourth-order valence-electron chi connectivity index (χ4n) is 3.33. The summed E-state index contributed by atoms with van der Waals surface area (Å²) < 4.78 is 2.02. The Labute approximate surface area is 207 Å². The Bertz CT molecular complexity index is 1240. The van der Waals surface area contributed by atoms with Crippen molar-refractivity contribution < 1.29 is 4.79 Å². The van der Waals surface area contributed by atoms with Gasteiger partial charge in [0.15, 0.2) is 5.16 Å². The Kier molecular flexibility index (Phi) is 7.70. The van der Waals surface area contributed by atoms with Gasteiger partial charge in [0, 0.05) is 17.8 Å². The largest absolute Gasteiger partial charge is 0.325 e. The van der Waals surface area contributed by atoms with Gasteiger partial charge in [-0.25, -0.2) is 0 Å². The first-order valence-electron chi connectivity index (χ1n) is 10.5. The third-order valence-corrected chi connectivity index (χ3v) is 6.71. The SMILES string of the molecule is CCc1ccc(-n2c(Cc3ccccc3)nnc2SCC(=O)Nc2ccc(Cl)c(Cl)c2)cc1. The zero-order valence-corrected chi connectivity index (χ0v) is 20.3. The van der Waals surface area contributed by atoms with Gasteiger partial charge in [-0.15, -0.1) is 10.2 Å². The Morgan fingerprint density at radius 2 is 1.70 bits per heavy atom. The summed E-state index contributed by atoms with van der Waals surface area (Å²) >= 11 is 13.3. The lowest BCUT2D eigenvalue weighted by atomic mass is 10.1. The van der Waals surface area contributed by atoms with Crippen LogP contribution in [0.5, 0.6) is 0 Å². The molecule has 0 radical (unpaired) electrons. The molecule has 4 aromatic rings. The van der Waals surface area contributed by atoms with Crippen molar-refractivity contribution >= 4 is 46.6 Å². The van der Waals surface area contributed by atoms with Crippen LogP contribution in [0.15, 0.2) is 78.0 Å². The summed E-state index contributed by atoms with van der Waals surface area (Å²) in [7, 11) is 0. The van der Waals surface area contributed by atoms with E-state index < -0.39 is 0 Å². The maximum absolute atomic E-state index is 12.5. The molecule has 0 aliphatic heterocycles. The highest BCUT2D eigenvalue weighted by atomic mass is 35.5. The summed E-state index contributed by atoms with van der Waals surface area (Å²) in [6, 6.07) is 23.5. The van der Waals surface area contributed by atoms with Gasteiger partial charge in [-0.1, -0.05) is 84.4 Å². The molecule has 4 rings (SSSR count). The van der Waals surface area contributed by atoms with Gasteiger partial charge in [0.05, 0.1) is 15.8 Å². The molecule has 0 bridgehead atoms. The minimum atomic E-state index is -0.168. The Morgan fingerprint density at radius 3 is 2.39 bits per heavy atom. The van der Waals surface area contributed by atoms with Crippen LogP contribution in [-0.4, -0.2) is 26.4 Å². The van der Waals surface area contributed by atoms with Crippen molar-refractivity contribution in [1.82, 2.24) is 14.8 Å². The standard InChI is InChI=1S/C25H22Cl2N4OS/c1-2-17-8-11-20(12-9-17)31-23(14-18-6-4-3-5-7-18)29-30-25(31)33-16-24(32)28-19-10-13-21(26)22(27)15-19/h3-13,15H,2,14,16H2,1H3,(H,28,32). The highest BCUT2D eigenvalue weighted by Gasteiger charge is 2.17. The van der Waals surface area contributed by atoms with Crippen LogP contribution in [0.25, 0.3) is 5.69 Å². The van der Waals surface area contributed by atoms with Crippen molar-refractivity contribution in [2.45, 2.75) is 24.9 Å². The number of hydrogen-bond donors (Lipinski definition) is 1. The Balaban J connectivity index is 1.55. The van der Waals surface area contributed by atoms with Gasteiger partial charge in [-0.05, 0) is 47.9 Å². The van der Waals surface area contributed by atoms with Crippen LogP contribution < -0.4 is 5.32 Å². The second-order valence-electron chi connectivity index (χ2n) is 7.38. The van der Waals surface area contributed by atoms with Gasteiger partial charge in [0.1, 0.15) is 5.82 Å². The number of aryl methyl sites for hydroxylation is 1. The summed E-state index contributed by atoms with van der Waals surface area (Å²) in [5, 5.41) is 13.2. The predicted molar refractivity (Wildman–Crippen MR) is 136 cm³/mol. The summed E-state index contributed by atoms with van der Waals surface area (Å²) in [5.41, 5.74) is 3.96. The number of nitrogens with zero attached hydrogens (tertiary/aromatic N) is 3. The fourth-order valence-corrected chi connectivity index (χ4v) is 4.40. The highest BCUT2D eigenvalue weighted by Crippen LogP contribution is 2.26. The van der Waals surface area contributed by atoms with Crippen molar-refractivity contribution in [1.29, 1.82) is 0 Å². The van der Waals surface area contributed by atoms with Gasteiger partial charge in [-0.2, -0.15) is 0 Å². The van der Waals surface area contributed by atoms with E-state index >= 15 is 0 Å². The molecule has 0 aliphatic rings. The first-order chi connectivity index (χ1) is 16.0. The van der Waals surface area contributed by atoms with Crippen molar-refractivity contribution in [3.8, 4) is 5.69 Å². The average Bonchev–Trinajstić information content (AvgIpc) is 3.23. The molecule has 1 heterocycles. The van der Waals surface area contributed by atoms with Crippen LogP contribution in [-0.2, 0) is 17.6 Å². The number of aromatic nitrogens is 3. The number of amides is 1. The van der Waals surface area contributed by atoms with Crippen LogP contribution in [0.3, 0.4) is 0 Å². The maximum atomic E-state index is 12.5. The smallest absolute Gasteiger partial charge is 0.234 e. The second-order valence-corrected chi connectivity index (χ2v) is 9.14. The van der Waals surface area contributed by atoms with Crippen molar-refractivity contribution in [3.63, 3.8) is 0 Å². The third kappa shape index (κ3) is 5.96. The Hall–Kier alpha value is -2.80. The molecule has 0 saturated heterocycles. The van der Waals surface area contributed by atoms with Crippen LogP contribution in [0.2, 0.25) is 10.0 Å². The zero-order chi connectivity index (χ0) is 23.2. The number of carbonyl (C=O) groups is 1. The van der Waals surface area contributed by atoms with E-state index in [1.807, 2.05) is 22.8 Å². The monoisotopic (exact) mass is 496 g/mol. The van der Waals surface area contributed by atoms with Crippen LogP contribution >= 0.6 is 35.0 Å². The van der Waals surface area contributed by atoms with Crippen molar-refractivity contribution in [2.75, 3.05) is 11.1 Å². The third-order valence-electron chi connectivity index (χ3n) is 5.04. The lowest BCUT2D eigenvalue weighted by Gasteiger charge is -2.11. The lowest BCUT2D eigenvalue weighted by molar-refractivity contribution is -0.113. The number of carbonyl (C=O) groups excluding carboxylic acids is 1. The van der Waals surface area contributed by atoms with E-state index in [1.54, 1.807) is 18.2 Å². The highest BCUT2D eigenvalue weighted by molar-refractivity contribution is 7.99. The normalized spacial score (nSPS) is 10.9. The molecule has 0 spiro atoms. The molecule has 0 aliphatic carbocycles. The average molecular weight is 497 g/mol. The number of halogens is 2. The molecule has 0 atom stereocenters. The summed E-state index contributed by atoms with van der Waals surface area (Å²) in [6.07, 6.45) is 1.61. The molecule has 1 aromatic heterocycles. The lowest BCUT2D eigenvalue weighted by Crippen LogP contribution is -2.14. The zero-order valence-electron chi connectivity index (χ0n) is 18.0. The molecule has 5 nitrogen and oxygen atoms in total. The Morgan fingerprint density at radius 1 is 0.939 bits per heavy atom. The summed E-state index contributed by atoms with van der Waals surface area (Å²) in [6.45, 7) is 2.13.